The van der Waals surface area contributed by atoms with Gasteiger partial charge in [-0.15, -0.1) is 0 Å². The molecule has 1 aromatic heterocycles. The molecule has 3 rings (SSSR count). The van der Waals surface area contributed by atoms with Gasteiger partial charge in [0.15, 0.2) is 5.75 Å². The minimum absolute atomic E-state index is 0.0276. The number of hydrogen-bond donors (Lipinski definition) is 0. The lowest BCUT2D eigenvalue weighted by atomic mass is 10.0. The summed E-state index contributed by atoms with van der Waals surface area (Å²) in [5.74, 6) is 0.446. The van der Waals surface area contributed by atoms with E-state index in [2.05, 4.69) is 29.7 Å². The minimum atomic E-state index is -0.0276. The number of ether oxygens (including phenoxy) is 1. The van der Waals surface area contributed by atoms with Crippen molar-refractivity contribution in [3.8, 4) is 17.0 Å². The number of unbranched alkanes of at least 4 members (excludes halogenated alkanes) is 15. The second kappa shape index (κ2) is 17.1. The van der Waals surface area contributed by atoms with Crippen LogP contribution in [0.25, 0.3) is 22.2 Å². The molecule has 0 saturated carbocycles. The summed E-state index contributed by atoms with van der Waals surface area (Å²) in [6.45, 7) is 3.18. The molecule has 1 heterocycles. The molecule has 0 unspecified atom stereocenters. The molecule has 3 heteroatoms. The highest BCUT2D eigenvalue weighted by atomic mass is 16.5. The van der Waals surface area contributed by atoms with Crippen LogP contribution in [0, 0.1) is 0 Å². The van der Waals surface area contributed by atoms with E-state index in [1.54, 1.807) is 7.11 Å². The van der Waals surface area contributed by atoms with Gasteiger partial charge in [0.2, 0.25) is 5.43 Å². The molecule has 3 aromatic rings. The monoisotopic (exact) mass is 503 g/mol. The summed E-state index contributed by atoms with van der Waals surface area (Å²) >= 11 is 0. The van der Waals surface area contributed by atoms with Crippen LogP contribution in [-0.4, -0.2) is 11.7 Å². The summed E-state index contributed by atoms with van der Waals surface area (Å²) < 4.78 is 7.98. The quantitative estimate of drug-likeness (QED) is 0.152. The number of fused-ring (bicyclic) bond motifs is 1. The van der Waals surface area contributed by atoms with Gasteiger partial charge in [-0.05, 0) is 18.6 Å². The van der Waals surface area contributed by atoms with Crippen molar-refractivity contribution < 1.29 is 4.74 Å². The smallest absolute Gasteiger partial charge is 0.231 e. The first-order valence-electron chi connectivity index (χ1n) is 15.0. The van der Waals surface area contributed by atoms with Crippen LogP contribution in [0.5, 0.6) is 5.75 Å². The molecule has 0 amide bonds. The normalized spacial score (nSPS) is 11.3. The number of methoxy groups -OCH3 is 1. The van der Waals surface area contributed by atoms with E-state index in [4.69, 9.17) is 4.74 Å². The molecule has 0 saturated heterocycles. The number of nitrogens with zero attached hydrogens (tertiary/aromatic N) is 1. The van der Waals surface area contributed by atoms with E-state index >= 15 is 0 Å². The predicted octanol–water partition coefficient (Wildman–Crippen LogP) is 9.94. The highest BCUT2D eigenvalue weighted by Crippen LogP contribution is 2.31. The molecule has 2 aromatic carbocycles. The summed E-state index contributed by atoms with van der Waals surface area (Å²) in [5, 5.41) is 0.732. The van der Waals surface area contributed by atoms with Gasteiger partial charge in [-0.1, -0.05) is 146 Å². The third-order valence-corrected chi connectivity index (χ3v) is 7.62. The number of aryl methyl sites for hydroxylation is 1. The maximum atomic E-state index is 13.2. The van der Waals surface area contributed by atoms with Gasteiger partial charge in [-0.3, -0.25) is 4.79 Å². The third-order valence-electron chi connectivity index (χ3n) is 7.62. The van der Waals surface area contributed by atoms with Crippen LogP contribution in [0.15, 0.2) is 59.4 Å². The molecule has 0 radical (unpaired) electrons. The van der Waals surface area contributed by atoms with E-state index in [0.717, 1.165) is 35.1 Å². The summed E-state index contributed by atoms with van der Waals surface area (Å²) in [6.07, 6.45) is 21.9. The van der Waals surface area contributed by atoms with Crippen molar-refractivity contribution >= 4 is 10.9 Å². The molecule has 0 aliphatic rings. The highest BCUT2D eigenvalue weighted by molar-refractivity contribution is 5.86. The summed E-state index contributed by atoms with van der Waals surface area (Å²) in [6, 6.07) is 18.1. The van der Waals surface area contributed by atoms with Gasteiger partial charge in [0.1, 0.15) is 0 Å². The van der Waals surface area contributed by atoms with Crippen molar-refractivity contribution in [1.82, 2.24) is 4.57 Å². The lowest BCUT2D eigenvalue weighted by molar-refractivity contribution is 0.408. The fraction of sp³-hybridized carbons (Fsp3) is 0.559. The summed E-state index contributed by atoms with van der Waals surface area (Å²) in [7, 11) is 1.61. The van der Waals surface area contributed by atoms with Gasteiger partial charge in [-0.2, -0.15) is 0 Å². The van der Waals surface area contributed by atoms with Crippen LogP contribution in [0.1, 0.15) is 110 Å². The summed E-state index contributed by atoms with van der Waals surface area (Å²) in [5.41, 5.74) is 2.89. The van der Waals surface area contributed by atoms with E-state index in [1.165, 1.54) is 96.3 Å². The molecular formula is C34H49NO2. The second-order valence-electron chi connectivity index (χ2n) is 10.5. The Morgan fingerprint density at radius 1 is 0.622 bits per heavy atom. The van der Waals surface area contributed by atoms with Crippen molar-refractivity contribution in [3.63, 3.8) is 0 Å². The van der Waals surface area contributed by atoms with Crippen LogP contribution in [-0.2, 0) is 6.54 Å². The maximum absolute atomic E-state index is 13.2. The number of benzene rings is 2. The Morgan fingerprint density at radius 3 is 1.65 bits per heavy atom. The average molecular weight is 504 g/mol. The molecule has 202 valence electrons. The second-order valence-corrected chi connectivity index (χ2v) is 10.5. The molecule has 3 nitrogen and oxygen atoms in total. The third kappa shape index (κ3) is 9.05. The number of aromatic nitrogens is 1. The molecule has 0 spiro atoms. The predicted molar refractivity (Wildman–Crippen MR) is 160 cm³/mol. The van der Waals surface area contributed by atoms with Crippen LogP contribution in [0.4, 0.5) is 0 Å². The number of para-hydroxylation sites is 1. The Kier molecular flexibility index (Phi) is 13.4. The first kappa shape index (κ1) is 29.0. The molecule has 0 fully saturated rings. The van der Waals surface area contributed by atoms with Crippen molar-refractivity contribution in [3.05, 3.63) is 64.8 Å². The zero-order valence-electron chi connectivity index (χ0n) is 23.5. The van der Waals surface area contributed by atoms with Gasteiger partial charge >= 0.3 is 0 Å². The van der Waals surface area contributed by atoms with E-state index in [-0.39, 0.29) is 5.43 Å². The zero-order chi connectivity index (χ0) is 26.1. The molecule has 0 aliphatic carbocycles. The lowest BCUT2D eigenvalue weighted by Crippen LogP contribution is -2.16. The number of hydrogen-bond acceptors (Lipinski definition) is 2. The van der Waals surface area contributed by atoms with Crippen LogP contribution < -0.4 is 10.2 Å². The highest BCUT2D eigenvalue weighted by Gasteiger charge is 2.18. The maximum Gasteiger partial charge on any atom is 0.231 e. The number of rotatable bonds is 19. The van der Waals surface area contributed by atoms with Crippen molar-refractivity contribution in [2.24, 2.45) is 0 Å². The first-order valence-corrected chi connectivity index (χ1v) is 15.0. The Balaban J connectivity index is 1.42. The summed E-state index contributed by atoms with van der Waals surface area (Å²) in [4.78, 5) is 13.2. The van der Waals surface area contributed by atoms with Crippen LogP contribution in [0.3, 0.4) is 0 Å². The topological polar surface area (TPSA) is 31.2 Å². The Labute approximate surface area is 225 Å². The SMILES string of the molecule is CCCCCCCCCCCCCCCCCCn1c(-c2ccccc2)c(OC)c(=O)c2ccccc21. The largest absolute Gasteiger partial charge is 0.491 e. The molecule has 0 N–H and O–H groups in total. The van der Waals surface area contributed by atoms with Gasteiger partial charge in [0.25, 0.3) is 0 Å². The van der Waals surface area contributed by atoms with Gasteiger partial charge in [0, 0.05) is 17.5 Å². The van der Waals surface area contributed by atoms with Crippen molar-refractivity contribution in [2.75, 3.05) is 7.11 Å². The van der Waals surface area contributed by atoms with Crippen molar-refractivity contribution in [2.45, 2.75) is 116 Å². The molecule has 37 heavy (non-hydrogen) atoms. The van der Waals surface area contributed by atoms with Crippen molar-refractivity contribution in [1.29, 1.82) is 0 Å². The van der Waals surface area contributed by atoms with Gasteiger partial charge < -0.3 is 9.30 Å². The standard InChI is InChI=1S/C34H49NO2/c1-3-4-5-6-7-8-9-10-11-12-13-14-15-16-17-23-28-35-31-27-22-21-26-30(31)33(36)34(37-2)32(35)29-24-19-18-20-25-29/h18-22,24-27H,3-17,23,28H2,1-2H3. The van der Waals surface area contributed by atoms with Gasteiger partial charge in [-0.25, -0.2) is 0 Å². The molecular weight excluding hydrogens is 454 g/mol. The van der Waals surface area contributed by atoms with Crippen LogP contribution >= 0.6 is 0 Å². The number of pyridine rings is 1. The van der Waals surface area contributed by atoms with Crippen LogP contribution in [0.2, 0.25) is 0 Å². The Morgan fingerprint density at radius 2 is 1.11 bits per heavy atom. The molecule has 0 bridgehead atoms. The van der Waals surface area contributed by atoms with E-state index in [0.29, 0.717) is 5.75 Å². The average Bonchev–Trinajstić information content (AvgIpc) is 2.94. The first-order chi connectivity index (χ1) is 18.3. The Bertz CT molecular complexity index is 1090. The minimum Gasteiger partial charge on any atom is -0.491 e. The van der Waals surface area contributed by atoms with E-state index in [9.17, 15) is 4.79 Å². The zero-order valence-corrected chi connectivity index (χ0v) is 23.5. The van der Waals surface area contributed by atoms with Gasteiger partial charge in [0.05, 0.1) is 18.3 Å². The van der Waals surface area contributed by atoms with E-state index in [1.807, 2.05) is 36.4 Å². The fourth-order valence-electron chi connectivity index (χ4n) is 5.50. The Hall–Kier alpha value is -2.55. The molecule has 0 aliphatic heterocycles. The molecule has 0 atom stereocenters. The fourth-order valence-corrected chi connectivity index (χ4v) is 5.50. The lowest BCUT2D eigenvalue weighted by Gasteiger charge is -2.20. The van der Waals surface area contributed by atoms with E-state index < -0.39 is 0 Å².